The van der Waals surface area contributed by atoms with E-state index in [2.05, 4.69) is 5.32 Å². The average Bonchev–Trinajstić information content (AvgIpc) is 3.49. The highest BCUT2D eigenvalue weighted by atomic mass is 35.5. The summed E-state index contributed by atoms with van der Waals surface area (Å²) in [7, 11) is 0. The van der Waals surface area contributed by atoms with Crippen molar-refractivity contribution < 1.29 is 9.21 Å². The Bertz CT molecular complexity index is 1920. The fraction of sp³-hybridized carbons (Fsp3) is 0. The van der Waals surface area contributed by atoms with Gasteiger partial charge in [0.15, 0.2) is 5.57 Å². The molecule has 0 aliphatic carbocycles. The number of nitrogens with one attached hydrogen (secondary N) is 1. The standard InChI is InChI=1S/C29H16Cl3N3O3S/c30-17-12-18(31)14-19(13-17)34-27(36)23(16-33)29-35(20-6-2-1-3-7-20)28(37)26(39-29)15-21-10-11-25(38-21)22-8-4-5-9-24(22)32/h1-15H,(H,34,36)/b26-15+,29-23-. The fourth-order valence-corrected chi connectivity index (χ4v) is 5.68. The van der Waals surface area contributed by atoms with Crippen molar-refractivity contribution >= 4 is 69.4 Å². The Morgan fingerprint density at radius 3 is 2.33 bits per heavy atom. The molecule has 192 valence electrons. The number of halogens is 3. The molecule has 0 atom stereocenters. The molecule has 1 amide bonds. The number of benzene rings is 3. The van der Waals surface area contributed by atoms with E-state index >= 15 is 0 Å². The highest BCUT2D eigenvalue weighted by molar-refractivity contribution is 7.07. The molecule has 10 heteroatoms. The van der Waals surface area contributed by atoms with Gasteiger partial charge in [0.1, 0.15) is 22.3 Å². The predicted molar refractivity (Wildman–Crippen MR) is 156 cm³/mol. The maximum Gasteiger partial charge on any atom is 0.273 e. The summed E-state index contributed by atoms with van der Waals surface area (Å²) in [6.07, 6.45) is 1.57. The average molecular weight is 593 g/mol. The van der Waals surface area contributed by atoms with Gasteiger partial charge in [0, 0.05) is 27.4 Å². The molecule has 0 radical (unpaired) electrons. The zero-order valence-electron chi connectivity index (χ0n) is 19.8. The topological polar surface area (TPSA) is 88.0 Å². The zero-order valence-corrected chi connectivity index (χ0v) is 22.9. The number of para-hydroxylation sites is 1. The van der Waals surface area contributed by atoms with Crippen molar-refractivity contribution in [1.29, 1.82) is 5.26 Å². The van der Waals surface area contributed by atoms with Gasteiger partial charge in [-0.15, -0.1) is 11.3 Å². The first kappa shape index (κ1) is 26.5. The van der Waals surface area contributed by atoms with Crippen LogP contribution in [0, 0.1) is 11.3 Å². The van der Waals surface area contributed by atoms with Crippen LogP contribution < -0.4 is 20.1 Å². The minimum absolute atomic E-state index is 0.156. The smallest absolute Gasteiger partial charge is 0.273 e. The molecule has 0 unspecified atom stereocenters. The first-order valence-corrected chi connectivity index (χ1v) is 13.3. The quantitative estimate of drug-likeness (QED) is 0.261. The van der Waals surface area contributed by atoms with Crippen molar-refractivity contribution in [3.8, 4) is 23.1 Å². The molecule has 6 nitrogen and oxygen atoms in total. The molecular weight excluding hydrogens is 577 g/mol. The van der Waals surface area contributed by atoms with Crippen molar-refractivity contribution in [2.24, 2.45) is 0 Å². The lowest BCUT2D eigenvalue weighted by atomic mass is 10.2. The van der Waals surface area contributed by atoms with Crippen LogP contribution in [0.2, 0.25) is 15.1 Å². The summed E-state index contributed by atoms with van der Waals surface area (Å²) < 4.78 is 7.69. The Morgan fingerprint density at radius 2 is 1.64 bits per heavy atom. The van der Waals surface area contributed by atoms with Gasteiger partial charge in [-0.1, -0.05) is 65.1 Å². The number of carbonyl (C=O) groups excluding carboxylic acids is 1. The van der Waals surface area contributed by atoms with Gasteiger partial charge in [-0.25, -0.2) is 0 Å². The van der Waals surface area contributed by atoms with Crippen LogP contribution in [-0.2, 0) is 4.79 Å². The van der Waals surface area contributed by atoms with E-state index in [-0.39, 0.29) is 14.8 Å². The second kappa shape index (κ2) is 11.4. The number of carbonyl (C=O) groups is 1. The minimum Gasteiger partial charge on any atom is -0.457 e. The van der Waals surface area contributed by atoms with Crippen LogP contribution in [0.5, 0.6) is 0 Å². The third kappa shape index (κ3) is 5.70. The molecule has 39 heavy (non-hydrogen) atoms. The predicted octanol–water partition coefficient (Wildman–Crippen LogP) is 6.26. The van der Waals surface area contributed by atoms with Crippen LogP contribution in [0.15, 0.2) is 94.1 Å². The van der Waals surface area contributed by atoms with Gasteiger partial charge < -0.3 is 9.73 Å². The van der Waals surface area contributed by atoms with E-state index in [4.69, 9.17) is 39.2 Å². The van der Waals surface area contributed by atoms with Crippen molar-refractivity contribution in [3.05, 3.63) is 125 Å². The first-order chi connectivity index (χ1) is 18.8. The molecule has 2 heterocycles. The van der Waals surface area contributed by atoms with Crippen LogP contribution in [0.1, 0.15) is 5.76 Å². The highest BCUT2D eigenvalue weighted by Gasteiger charge is 2.18. The Morgan fingerprint density at radius 1 is 0.949 bits per heavy atom. The summed E-state index contributed by atoms with van der Waals surface area (Å²) in [5.74, 6) is 0.231. The lowest BCUT2D eigenvalue weighted by molar-refractivity contribution is -0.111. The molecule has 5 rings (SSSR count). The molecular formula is C29H16Cl3N3O3S. The number of hydrogen-bond donors (Lipinski definition) is 1. The lowest BCUT2D eigenvalue weighted by Gasteiger charge is -2.06. The van der Waals surface area contributed by atoms with E-state index in [1.807, 2.05) is 24.3 Å². The van der Waals surface area contributed by atoms with Gasteiger partial charge in [0.25, 0.3) is 11.5 Å². The number of aromatic nitrogens is 1. The molecule has 1 N–H and O–H groups in total. The second-order valence-corrected chi connectivity index (χ2v) is 10.5. The van der Waals surface area contributed by atoms with E-state index in [9.17, 15) is 14.9 Å². The molecule has 0 saturated heterocycles. The number of rotatable bonds is 5. The van der Waals surface area contributed by atoms with E-state index in [1.165, 1.54) is 22.8 Å². The van der Waals surface area contributed by atoms with E-state index in [0.717, 1.165) is 11.3 Å². The van der Waals surface area contributed by atoms with Crippen molar-refractivity contribution in [1.82, 2.24) is 4.57 Å². The van der Waals surface area contributed by atoms with Gasteiger partial charge in [-0.3, -0.25) is 14.2 Å². The Labute approximate surface area is 241 Å². The van der Waals surface area contributed by atoms with Crippen LogP contribution in [0.25, 0.3) is 28.7 Å². The molecule has 0 fully saturated rings. The summed E-state index contributed by atoms with van der Waals surface area (Å²) in [4.78, 5) is 26.8. The molecule has 3 aromatic carbocycles. The van der Waals surface area contributed by atoms with Gasteiger partial charge in [0.05, 0.1) is 15.2 Å². The Kier molecular flexibility index (Phi) is 7.73. The highest BCUT2D eigenvalue weighted by Crippen LogP contribution is 2.29. The van der Waals surface area contributed by atoms with E-state index in [0.29, 0.717) is 43.5 Å². The summed E-state index contributed by atoms with van der Waals surface area (Å²) in [5.41, 5.74) is 0.849. The third-order valence-corrected chi connectivity index (χ3v) is 7.41. The summed E-state index contributed by atoms with van der Waals surface area (Å²) in [5, 5.41) is 13.8. The van der Waals surface area contributed by atoms with Gasteiger partial charge in [-0.05, 0) is 54.6 Å². The molecule has 0 aliphatic rings. The molecule has 2 aromatic heterocycles. The lowest BCUT2D eigenvalue weighted by Crippen LogP contribution is -2.32. The van der Waals surface area contributed by atoms with Crippen molar-refractivity contribution in [2.45, 2.75) is 0 Å². The first-order valence-electron chi connectivity index (χ1n) is 11.4. The van der Waals surface area contributed by atoms with E-state index in [1.54, 1.807) is 54.6 Å². The zero-order chi connectivity index (χ0) is 27.5. The minimum atomic E-state index is -0.715. The number of thiazole rings is 1. The van der Waals surface area contributed by atoms with Gasteiger partial charge in [-0.2, -0.15) is 5.26 Å². The monoisotopic (exact) mass is 591 g/mol. The SMILES string of the molecule is N#C/C(C(=O)Nc1cc(Cl)cc(Cl)c1)=c1/s/c(=C/c2ccc(-c3ccccc3Cl)o2)c(=O)n1-c1ccccc1. The summed E-state index contributed by atoms with van der Waals surface area (Å²) >= 11 is 19.4. The summed E-state index contributed by atoms with van der Waals surface area (Å²) in [6.45, 7) is 0. The second-order valence-electron chi connectivity index (χ2n) is 8.17. The van der Waals surface area contributed by atoms with E-state index < -0.39 is 11.5 Å². The van der Waals surface area contributed by atoms with Crippen LogP contribution in [0.3, 0.4) is 0 Å². The van der Waals surface area contributed by atoms with Crippen LogP contribution in [0.4, 0.5) is 5.69 Å². The number of anilines is 1. The number of nitrogens with zero attached hydrogens (tertiary/aromatic N) is 2. The maximum atomic E-state index is 13.6. The summed E-state index contributed by atoms with van der Waals surface area (Å²) in [6, 6.07) is 26.0. The van der Waals surface area contributed by atoms with Crippen LogP contribution in [-0.4, -0.2) is 10.5 Å². The van der Waals surface area contributed by atoms with Crippen LogP contribution >= 0.6 is 46.1 Å². The molecule has 0 bridgehead atoms. The van der Waals surface area contributed by atoms with Crippen molar-refractivity contribution in [3.63, 3.8) is 0 Å². The normalized spacial score (nSPS) is 12.2. The third-order valence-electron chi connectivity index (χ3n) is 5.55. The Hall–Kier alpha value is -4.06. The van der Waals surface area contributed by atoms with Crippen molar-refractivity contribution in [2.75, 3.05) is 5.32 Å². The maximum absolute atomic E-state index is 13.6. The molecule has 0 aliphatic heterocycles. The molecule has 0 saturated carbocycles. The largest absolute Gasteiger partial charge is 0.457 e. The number of furan rings is 1. The molecule has 0 spiro atoms. The molecule has 5 aromatic rings. The van der Waals surface area contributed by atoms with Gasteiger partial charge in [0.2, 0.25) is 0 Å². The Balaban J connectivity index is 1.67. The number of amides is 1. The fourth-order valence-electron chi connectivity index (χ4n) is 3.84. The number of nitriles is 1. The number of hydrogen-bond acceptors (Lipinski definition) is 5. The van der Waals surface area contributed by atoms with Gasteiger partial charge >= 0.3 is 0 Å².